The maximum absolute atomic E-state index is 12.7. The van der Waals surface area contributed by atoms with Gasteiger partial charge in [0.25, 0.3) is 15.9 Å². The van der Waals surface area contributed by atoms with E-state index in [1.807, 2.05) is 0 Å². The van der Waals surface area contributed by atoms with Gasteiger partial charge in [0.1, 0.15) is 9.90 Å². The van der Waals surface area contributed by atoms with Crippen molar-refractivity contribution < 1.29 is 27.5 Å². The number of aryl methyl sites for hydroxylation is 1. The summed E-state index contributed by atoms with van der Waals surface area (Å²) in [5, 5.41) is 2.73. The molecule has 1 aliphatic heterocycles. The van der Waals surface area contributed by atoms with E-state index < -0.39 is 21.9 Å². The van der Waals surface area contributed by atoms with E-state index >= 15 is 0 Å². The Bertz CT molecular complexity index is 1030. The molecule has 1 saturated heterocycles. The van der Waals surface area contributed by atoms with E-state index in [9.17, 15) is 18.0 Å². The first kappa shape index (κ1) is 22.3. The summed E-state index contributed by atoms with van der Waals surface area (Å²) in [5.74, 6) is -0.901. The second-order valence-electron chi connectivity index (χ2n) is 6.47. The molecule has 1 aliphatic rings. The minimum absolute atomic E-state index is 0.165. The van der Waals surface area contributed by atoms with Crippen LogP contribution >= 0.6 is 11.3 Å². The molecule has 3 rings (SSSR count). The molecule has 1 N–H and O–H groups in total. The van der Waals surface area contributed by atoms with Crippen LogP contribution in [0, 0.1) is 6.92 Å². The Morgan fingerprint density at radius 2 is 1.97 bits per heavy atom. The molecule has 1 fully saturated rings. The van der Waals surface area contributed by atoms with Gasteiger partial charge in [-0.25, -0.2) is 18.2 Å². The lowest BCUT2D eigenvalue weighted by Crippen LogP contribution is -2.40. The summed E-state index contributed by atoms with van der Waals surface area (Å²) >= 11 is 1.12. The van der Waals surface area contributed by atoms with Crippen LogP contribution in [-0.4, -0.2) is 62.5 Å². The van der Waals surface area contributed by atoms with Gasteiger partial charge in [-0.05, 0) is 38.1 Å². The van der Waals surface area contributed by atoms with Crippen molar-refractivity contribution >= 4 is 33.2 Å². The Morgan fingerprint density at radius 1 is 1.23 bits per heavy atom. The van der Waals surface area contributed by atoms with E-state index in [-0.39, 0.29) is 23.1 Å². The highest BCUT2D eigenvalue weighted by molar-refractivity contribution is 7.91. The van der Waals surface area contributed by atoms with Gasteiger partial charge in [0, 0.05) is 18.0 Å². The average Bonchev–Trinajstić information content (AvgIpc) is 3.22. The zero-order valence-electron chi connectivity index (χ0n) is 16.7. The molecule has 9 nitrogen and oxygen atoms in total. The van der Waals surface area contributed by atoms with Crippen LogP contribution in [0.4, 0.5) is 0 Å². The van der Waals surface area contributed by atoms with Crippen LogP contribution in [0.1, 0.15) is 38.3 Å². The molecule has 0 atom stereocenters. The van der Waals surface area contributed by atoms with E-state index in [1.54, 1.807) is 26.0 Å². The van der Waals surface area contributed by atoms with E-state index in [4.69, 9.17) is 9.47 Å². The van der Waals surface area contributed by atoms with E-state index in [2.05, 4.69) is 10.3 Å². The molecule has 0 spiro atoms. The van der Waals surface area contributed by atoms with Crippen LogP contribution in [-0.2, 0) is 26.0 Å². The van der Waals surface area contributed by atoms with Crippen LogP contribution in [0.15, 0.2) is 28.5 Å². The second kappa shape index (κ2) is 9.65. The summed E-state index contributed by atoms with van der Waals surface area (Å²) in [6.45, 7) is 5.20. The number of amides is 1. The number of pyridine rings is 1. The van der Waals surface area contributed by atoms with Crippen molar-refractivity contribution in [2.45, 2.75) is 24.6 Å². The van der Waals surface area contributed by atoms with Crippen molar-refractivity contribution in [3.63, 3.8) is 0 Å². The second-order valence-corrected chi connectivity index (χ2v) is 9.80. The highest BCUT2D eigenvalue weighted by Crippen LogP contribution is 2.25. The number of sulfonamides is 1. The Morgan fingerprint density at radius 3 is 2.63 bits per heavy atom. The van der Waals surface area contributed by atoms with Gasteiger partial charge < -0.3 is 14.8 Å². The molecular weight excluding hydrogens is 430 g/mol. The van der Waals surface area contributed by atoms with Gasteiger partial charge in [-0.15, -0.1) is 11.3 Å². The van der Waals surface area contributed by atoms with Crippen LogP contribution in [0.25, 0.3) is 0 Å². The fraction of sp³-hybridized carbons (Fsp3) is 0.421. The number of carbonyl (C=O) groups excluding carboxylic acids is 2. The number of aromatic nitrogens is 1. The Hall–Kier alpha value is -2.34. The number of hydrogen-bond acceptors (Lipinski definition) is 8. The summed E-state index contributed by atoms with van der Waals surface area (Å²) in [5.41, 5.74) is 0.874. The summed E-state index contributed by atoms with van der Waals surface area (Å²) in [4.78, 5) is 29.1. The number of morpholine rings is 1. The predicted octanol–water partition coefficient (Wildman–Crippen LogP) is 1.58. The molecule has 11 heteroatoms. The topological polar surface area (TPSA) is 115 Å². The maximum Gasteiger partial charge on any atom is 0.339 e. The zero-order valence-corrected chi connectivity index (χ0v) is 18.3. The summed E-state index contributed by atoms with van der Waals surface area (Å²) in [6.07, 6.45) is 0. The number of hydrogen-bond donors (Lipinski definition) is 1. The minimum Gasteiger partial charge on any atom is -0.462 e. The standard InChI is InChI=1S/C19H23N3O6S2/c1-3-28-19(24)15-5-6-16(21-13(15)2)18(23)20-12-14-4-7-17(29-14)30(25,26)22-8-10-27-11-9-22/h4-7H,3,8-12H2,1-2H3,(H,20,23). The molecule has 0 bridgehead atoms. The van der Waals surface area contributed by atoms with Crippen LogP contribution in [0.2, 0.25) is 0 Å². The van der Waals surface area contributed by atoms with E-state index in [0.29, 0.717) is 42.4 Å². The summed E-state index contributed by atoms with van der Waals surface area (Å²) < 4.78 is 37.1. The lowest BCUT2D eigenvalue weighted by atomic mass is 10.2. The molecule has 1 amide bonds. The Balaban J connectivity index is 1.63. The number of nitrogens with one attached hydrogen (secondary N) is 1. The van der Waals surface area contributed by atoms with Crippen molar-refractivity contribution in [1.82, 2.24) is 14.6 Å². The number of nitrogens with zero attached hydrogens (tertiary/aromatic N) is 2. The van der Waals surface area contributed by atoms with Gasteiger partial charge in [-0.3, -0.25) is 4.79 Å². The highest BCUT2D eigenvalue weighted by Gasteiger charge is 2.27. The van der Waals surface area contributed by atoms with Gasteiger partial charge in [0.2, 0.25) is 0 Å². The summed E-state index contributed by atoms with van der Waals surface area (Å²) in [6, 6.07) is 6.19. The van der Waals surface area contributed by atoms with E-state index in [0.717, 1.165) is 11.3 Å². The number of rotatable bonds is 7. The molecule has 3 heterocycles. The van der Waals surface area contributed by atoms with Crippen LogP contribution in [0.3, 0.4) is 0 Å². The Labute approximate surface area is 179 Å². The summed E-state index contributed by atoms with van der Waals surface area (Å²) in [7, 11) is -3.55. The normalized spacial score (nSPS) is 15.0. The molecule has 0 saturated carbocycles. The lowest BCUT2D eigenvalue weighted by molar-refractivity contribution is 0.0524. The van der Waals surface area contributed by atoms with Gasteiger partial charge in [-0.1, -0.05) is 0 Å². The largest absolute Gasteiger partial charge is 0.462 e. The molecule has 2 aromatic heterocycles. The van der Waals surface area contributed by atoms with Crippen LogP contribution < -0.4 is 5.32 Å². The fourth-order valence-electron chi connectivity index (χ4n) is 2.88. The molecular formula is C19H23N3O6S2. The van der Waals surface area contributed by atoms with Crippen molar-refractivity contribution in [2.75, 3.05) is 32.9 Å². The van der Waals surface area contributed by atoms with Gasteiger partial charge >= 0.3 is 5.97 Å². The third kappa shape index (κ3) is 5.04. The molecule has 0 unspecified atom stereocenters. The maximum atomic E-state index is 12.7. The Kier molecular flexibility index (Phi) is 7.19. The van der Waals surface area contributed by atoms with E-state index in [1.165, 1.54) is 16.4 Å². The lowest BCUT2D eigenvalue weighted by Gasteiger charge is -2.25. The third-order valence-electron chi connectivity index (χ3n) is 4.44. The van der Waals surface area contributed by atoms with Gasteiger partial charge in [-0.2, -0.15) is 4.31 Å². The van der Waals surface area contributed by atoms with Crippen molar-refractivity contribution in [1.29, 1.82) is 0 Å². The third-order valence-corrected chi connectivity index (χ3v) is 7.89. The molecule has 0 radical (unpaired) electrons. The molecule has 162 valence electrons. The molecule has 0 aromatic carbocycles. The minimum atomic E-state index is -3.55. The predicted molar refractivity (Wildman–Crippen MR) is 110 cm³/mol. The molecule has 0 aliphatic carbocycles. The SMILES string of the molecule is CCOC(=O)c1ccc(C(=O)NCc2ccc(S(=O)(=O)N3CCOCC3)s2)nc1C. The number of ether oxygens (including phenoxy) is 2. The first-order valence-electron chi connectivity index (χ1n) is 9.42. The first-order valence-corrected chi connectivity index (χ1v) is 11.7. The molecule has 30 heavy (non-hydrogen) atoms. The first-order chi connectivity index (χ1) is 14.3. The number of esters is 1. The van der Waals surface area contributed by atoms with Gasteiger partial charge in [0.15, 0.2) is 0 Å². The van der Waals surface area contributed by atoms with Crippen LogP contribution in [0.5, 0.6) is 0 Å². The average molecular weight is 454 g/mol. The number of thiophene rings is 1. The van der Waals surface area contributed by atoms with Crippen molar-refractivity contribution in [3.8, 4) is 0 Å². The smallest absolute Gasteiger partial charge is 0.339 e. The van der Waals surface area contributed by atoms with Crippen molar-refractivity contribution in [3.05, 3.63) is 46.1 Å². The number of carbonyl (C=O) groups is 2. The fourth-order valence-corrected chi connectivity index (χ4v) is 5.73. The molecule has 2 aromatic rings. The monoisotopic (exact) mass is 453 g/mol. The zero-order chi connectivity index (χ0) is 21.7. The van der Waals surface area contributed by atoms with Crippen molar-refractivity contribution in [2.24, 2.45) is 0 Å². The van der Waals surface area contributed by atoms with Gasteiger partial charge in [0.05, 0.1) is 37.6 Å². The quantitative estimate of drug-likeness (QED) is 0.633. The highest BCUT2D eigenvalue weighted by atomic mass is 32.2.